The lowest BCUT2D eigenvalue weighted by Crippen LogP contribution is -2.56. The summed E-state index contributed by atoms with van der Waals surface area (Å²) in [5.74, 6) is 4.58. The summed E-state index contributed by atoms with van der Waals surface area (Å²) in [5.41, 5.74) is 16.4. The maximum Gasteiger partial charge on any atom is 0.323 e. The van der Waals surface area contributed by atoms with Gasteiger partial charge in [-0.05, 0) is 283 Å². The third-order valence-electron chi connectivity index (χ3n) is 23.3. The second-order valence-corrected chi connectivity index (χ2v) is 33.3. The van der Waals surface area contributed by atoms with Gasteiger partial charge in [-0.1, -0.05) is 188 Å². The molecule has 114 heavy (non-hydrogen) atoms. The number of hydrogen-bond donors (Lipinski definition) is 9. The van der Waals surface area contributed by atoms with Crippen molar-refractivity contribution in [1.29, 1.82) is 0 Å². The summed E-state index contributed by atoms with van der Waals surface area (Å²) in [6.45, 7) is 24.9. The number of anilines is 6. The molecule has 7 aliphatic rings. The Balaban J connectivity index is 0.000000152. The van der Waals surface area contributed by atoms with Gasteiger partial charge in [-0.25, -0.2) is 24.4 Å². The van der Waals surface area contributed by atoms with Crippen molar-refractivity contribution < 1.29 is 14.4 Å². The maximum absolute atomic E-state index is 12.4. The molecule has 15 rings (SSSR count). The van der Waals surface area contributed by atoms with Gasteiger partial charge in [-0.15, -0.1) is 6.58 Å². The number of nitrogens with one attached hydrogen (secondary N) is 9. The van der Waals surface area contributed by atoms with E-state index in [4.69, 9.17) is 24.4 Å². The van der Waals surface area contributed by atoms with Crippen LogP contribution in [0.15, 0.2) is 195 Å². The van der Waals surface area contributed by atoms with Crippen LogP contribution in [-0.4, -0.2) is 91.9 Å². The SMILES string of the molecule is C=CCN(C(=S)Nc1ccc(C)c(C)c1)C1CCCCC1.CC(C)c1ccc(NC(=O)NC2CCCCCC2)cc1.CCCCc1ccc(NC(=S)NC2CCN(Cc3ccccc3)CC2)c(C)c1.CCc1cccc(NC(=O)NC2C3CC4CC(C3)CC2C4)c1.Cc1nccc(-c2cccc(NC(=O)Nc3ccccc3)c2)n1. The zero-order chi connectivity index (χ0) is 80.6. The summed E-state index contributed by atoms with van der Waals surface area (Å²) in [5, 5.41) is 29.8. The van der Waals surface area contributed by atoms with Gasteiger partial charge < -0.3 is 52.8 Å². The van der Waals surface area contributed by atoms with E-state index in [0.717, 1.165) is 138 Å². The lowest BCUT2D eigenvalue weighted by molar-refractivity contribution is -0.00883. The highest BCUT2D eigenvalue weighted by molar-refractivity contribution is 7.80. The molecule has 1 aromatic heterocycles. The molecular weight excluding hydrogens is 1450 g/mol. The van der Waals surface area contributed by atoms with Crippen molar-refractivity contribution in [1.82, 2.24) is 35.7 Å². The molecule has 0 radical (unpaired) electrons. The highest BCUT2D eigenvalue weighted by Crippen LogP contribution is 2.54. The number of thiocarbonyl (C=S) groups is 2. The summed E-state index contributed by atoms with van der Waals surface area (Å²) in [7, 11) is 0. The first-order valence-electron chi connectivity index (χ1n) is 42.4. The highest BCUT2D eigenvalue weighted by atomic mass is 32.1. The van der Waals surface area contributed by atoms with E-state index in [1.54, 1.807) is 6.20 Å². The Labute approximate surface area is 691 Å². The van der Waals surface area contributed by atoms with Gasteiger partial charge in [0.25, 0.3) is 0 Å². The van der Waals surface area contributed by atoms with Crippen LogP contribution in [0.4, 0.5) is 48.5 Å². The van der Waals surface area contributed by atoms with Crippen LogP contribution in [-0.2, 0) is 19.4 Å². The van der Waals surface area contributed by atoms with Crippen LogP contribution in [0.3, 0.4) is 0 Å². The van der Waals surface area contributed by atoms with Gasteiger partial charge in [-0.2, -0.15) is 0 Å². The Hall–Kier alpha value is -9.49. The topological polar surface area (TPSA) is 192 Å². The fraction of sp³-hybridized carbons (Fsp3) is 0.448. The summed E-state index contributed by atoms with van der Waals surface area (Å²) in [6, 6.07) is 60.1. The van der Waals surface area contributed by atoms with E-state index in [0.29, 0.717) is 41.6 Å². The molecule has 6 aliphatic carbocycles. The Bertz CT molecular complexity index is 4300. The number of urea groups is 3. The number of carbonyl (C=O) groups is 3. The molecule has 0 unspecified atom stereocenters. The third kappa shape index (κ3) is 28.5. The van der Waals surface area contributed by atoms with Crippen molar-refractivity contribution in [2.24, 2.45) is 23.7 Å². The van der Waals surface area contributed by atoms with E-state index in [1.807, 2.05) is 97.9 Å². The highest BCUT2D eigenvalue weighted by Gasteiger charge is 2.48. The first-order valence-corrected chi connectivity index (χ1v) is 43.2. The molecule has 18 heteroatoms. The molecule has 6 saturated carbocycles. The van der Waals surface area contributed by atoms with Crippen LogP contribution in [0, 0.1) is 51.4 Å². The predicted octanol–water partition coefficient (Wildman–Crippen LogP) is 23.1. The number of hydrogen-bond acceptors (Lipinski definition) is 8. The smallest absolute Gasteiger partial charge is 0.323 e. The van der Waals surface area contributed by atoms with Crippen molar-refractivity contribution in [2.45, 2.75) is 233 Å². The standard InChI is InChI=1S/C24H33N3S.C19H26N2O.C18H16N4O.C18H26N2S.C17H26N2O/c1-3-4-8-20-11-12-23(19(2)17-20)26-24(28)25-22-13-15-27(16-14-22)18-21-9-6-5-7-10-21;1-2-12-4-3-5-17(11-12)20-19(22)21-18-15-7-13-6-14(9-15)10-16(18)8-13;1-13-19-11-10-17(20-13)14-6-5-9-16(12-14)22-18(23)21-15-7-3-2-4-8-15;1-4-12-20(17-8-6-5-7-9-17)18(21)19-16-11-10-14(2)15(3)13-16;1-13(2)14-9-11-16(12-10-14)19-17(20)18-15-7-5-3-4-6-8-15/h5-7,9-12,17,22H,3-4,8,13-16,18H2,1-2H3,(H2,25,26,28);3-5,11,13-16,18H,2,6-10H2,1H3,(H2,20,21,22);2-12H,1H3,(H2,21,22,23);4,10-11,13,17H,1,5-9,12H2,2-3H3,(H,19,21);9-13,15H,3-8H2,1-2H3,(H2,18,19,20). The van der Waals surface area contributed by atoms with E-state index in [-0.39, 0.29) is 18.1 Å². The van der Waals surface area contributed by atoms with Crippen LogP contribution >= 0.6 is 24.4 Å². The number of aryl methyl sites for hydroxylation is 6. The van der Waals surface area contributed by atoms with E-state index >= 15 is 0 Å². The van der Waals surface area contributed by atoms with Crippen LogP contribution < -0.4 is 47.9 Å². The number of rotatable bonds is 20. The van der Waals surface area contributed by atoms with Gasteiger partial charge in [0.05, 0.1) is 5.69 Å². The monoisotopic (exact) mass is 1570 g/mol. The fourth-order valence-electron chi connectivity index (χ4n) is 17.0. The number of nitrogens with zero attached hydrogens (tertiary/aromatic N) is 4. The molecule has 16 nitrogen and oxygen atoms in total. The molecule has 8 aromatic rings. The number of para-hydroxylation sites is 1. The summed E-state index contributed by atoms with van der Waals surface area (Å²) in [6.07, 6.45) is 31.1. The van der Waals surface area contributed by atoms with Gasteiger partial charge in [0.1, 0.15) is 5.82 Å². The molecule has 1 aliphatic heterocycles. The molecule has 1 saturated heterocycles. The zero-order valence-corrected chi connectivity index (χ0v) is 70.6. The first-order chi connectivity index (χ1) is 55.3. The lowest BCUT2D eigenvalue weighted by Gasteiger charge is -2.54. The Morgan fingerprint density at radius 3 is 1.74 bits per heavy atom. The largest absolute Gasteiger partial charge is 0.360 e. The van der Waals surface area contributed by atoms with E-state index in [2.05, 4.69) is 214 Å². The minimum atomic E-state index is -0.285. The Morgan fingerprint density at radius 1 is 0.526 bits per heavy atom. The summed E-state index contributed by atoms with van der Waals surface area (Å²) < 4.78 is 0. The Kier molecular flexibility index (Phi) is 34.7. The minimum Gasteiger partial charge on any atom is -0.360 e. The van der Waals surface area contributed by atoms with Gasteiger partial charge in [-0.3, -0.25) is 4.90 Å². The molecule has 6 amide bonds. The molecule has 4 bridgehead atoms. The van der Waals surface area contributed by atoms with Crippen molar-refractivity contribution in [2.75, 3.05) is 51.5 Å². The van der Waals surface area contributed by atoms with Crippen LogP contribution in [0.5, 0.6) is 0 Å². The lowest BCUT2D eigenvalue weighted by atomic mass is 9.54. The van der Waals surface area contributed by atoms with Crippen molar-refractivity contribution >= 4 is 86.9 Å². The van der Waals surface area contributed by atoms with E-state index in [9.17, 15) is 14.4 Å². The number of likely N-dealkylation sites (tertiary alicyclic amines) is 1. The first kappa shape index (κ1) is 86.9. The minimum absolute atomic E-state index is 0.0225. The molecular formula is C96H127N13O3S2. The second-order valence-electron chi connectivity index (χ2n) is 32.5. The van der Waals surface area contributed by atoms with E-state index in [1.165, 1.54) is 142 Å². The summed E-state index contributed by atoms with van der Waals surface area (Å²) >= 11 is 11.2. The van der Waals surface area contributed by atoms with Gasteiger partial charge in [0.15, 0.2) is 10.2 Å². The number of aromatic nitrogens is 2. The molecule has 606 valence electrons. The number of piperidine rings is 1. The van der Waals surface area contributed by atoms with Gasteiger partial charge in [0, 0.05) is 96.2 Å². The molecule has 0 spiro atoms. The van der Waals surface area contributed by atoms with Crippen molar-refractivity contribution in [3.63, 3.8) is 0 Å². The Morgan fingerprint density at radius 2 is 1.10 bits per heavy atom. The molecule has 0 atom stereocenters. The second kappa shape index (κ2) is 45.6. The predicted molar refractivity (Wildman–Crippen MR) is 484 cm³/mol. The number of amides is 6. The van der Waals surface area contributed by atoms with Crippen LogP contribution in [0.1, 0.15) is 207 Å². The third-order valence-corrected chi connectivity index (χ3v) is 23.8. The normalized spacial score (nSPS) is 18.4. The van der Waals surface area contributed by atoms with Crippen molar-refractivity contribution in [3.8, 4) is 11.3 Å². The zero-order valence-electron chi connectivity index (χ0n) is 69.0. The number of carbonyl (C=O) groups excluding carboxylic acids is 3. The van der Waals surface area contributed by atoms with E-state index < -0.39 is 0 Å². The average molecular weight is 1580 g/mol. The van der Waals surface area contributed by atoms with Gasteiger partial charge in [0.2, 0.25) is 0 Å². The van der Waals surface area contributed by atoms with Crippen LogP contribution in [0.2, 0.25) is 0 Å². The molecule has 7 aromatic carbocycles. The average Bonchev–Trinajstić information content (AvgIpc) is 0.771. The summed E-state index contributed by atoms with van der Waals surface area (Å²) in [4.78, 5) is 49.7. The fourth-order valence-corrected chi connectivity index (χ4v) is 17.6. The van der Waals surface area contributed by atoms with Gasteiger partial charge >= 0.3 is 18.1 Å². The quantitative estimate of drug-likeness (QED) is 0.0200. The number of unbranched alkanes of at least 4 members (excludes halogenated alkanes) is 1. The molecule has 2 heterocycles. The van der Waals surface area contributed by atoms with Crippen LogP contribution in [0.25, 0.3) is 11.3 Å². The molecule has 7 fully saturated rings. The molecule has 9 N–H and O–H groups in total. The number of benzene rings is 7. The van der Waals surface area contributed by atoms with Crippen molar-refractivity contribution in [3.05, 3.63) is 240 Å². The maximum atomic E-state index is 12.4.